The molecule has 2 nitrogen and oxygen atoms in total. The molecule has 1 amide bonds. The van der Waals surface area contributed by atoms with E-state index in [1.54, 1.807) is 0 Å². The number of carbonyl (C=O) groups is 1. The highest BCUT2D eigenvalue weighted by Gasteiger charge is 2.22. The summed E-state index contributed by atoms with van der Waals surface area (Å²) in [5.74, 6) is 0.0658. The molecule has 3 heteroatoms. The molecule has 1 aliphatic carbocycles. The predicted molar refractivity (Wildman–Crippen MR) is 62.6 cm³/mol. The van der Waals surface area contributed by atoms with Gasteiger partial charge in [0.1, 0.15) is 0 Å². The van der Waals surface area contributed by atoms with Crippen LogP contribution in [-0.2, 0) is 4.79 Å². The van der Waals surface area contributed by atoms with Crippen LogP contribution in [0.3, 0.4) is 0 Å². The molecule has 14 heavy (non-hydrogen) atoms. The zero-order valence-electron chi connectivity index (χ0n) is 8.90. The van der Waals surface area contributed by atoms with E-state index >= 15 is 0 Å². The van der Waals surface area contributed by atoms with Gasteiger partial charge in [-0.1, -0.05) is 27.6 Å². The fourth-order valence-corrected chi connectivity index (χ4v) is 1.65. The smallest absolute Gasteiger partial charge is 0.236 e. The van der Waals surface area contributed by atoms with Crippen LogP contribution in [0.1, 0.15) is 39.5 Å². The van der Waals surface area contributed by atoms with Crippen LogP contribution in [-0.4, -0.2) is 16.8 Å². The van der Waals surface area contributed by atoms with Crippen LogP contribution in [0.5, 0.6) is 0 Å². The van der Waals surface area contributed by atoms with Gasteiger partial charge in [0.15, 0.2) is 0 Å². The number of hydrogen-bond acceptors (Lipinski definition) is 1. The molecule has 80 valence electrons. The van der Waals surface area contributed by atoms with E-state index in [0.29, 0.717) is 0 Å². The minimum Gasteiger partial charge on any atom is -0.355 e. The van der Waals surface area contributed by atoms with Gasteiger partial charge in [0.25, 0.3) is 0 Å². The van der Waals surface area contributed by atoms with Crippen LogP contribution in [0.25, 0.3) is 0 Å². The number of allylic oxidation sites excluding steroid dienone is 1. The maximum absolute atomic E-state index is 11.5. The Balaban J connectivity index is 2.18. The zero-order chi connectivity index (χ0) is 10.6. The average molecular weight is 260 g/mol. The second kappa shape index (κ2) is 4.96. The molecule has 0 saturated heterocycles. The number of halogens is 1. The van der Waals surface area contributed by atoms with Gasteiger partial charge in [0.05, 0.1) is 4.32 Å². The Kier molecular flexibility index (Phi) is 4.17. The molecule has 1 rings (SSSR count). The van der Waals surface area contributed by atoms with Crippen molar-refractivity contribution < 1.29 is 4.79 Å². The summed E-state index contributed by atoms with van der Waals surface area (Å²) in [4.78, 5) is 11.5. The second-order valence-electron chi connectivity index (χ2n) is 4.23. The lowest BCUT2D eigenvalue weighted by atomic mass is 10.1. The van der Waals surface area contributed by atoms with Gasteiger partial charge in [-0.3, -0.25) is 4.79 Å². The Bertz CT molecular complexity index is 240. The normalized spacial score (nSPS) is 16.6. The summed E-state index contributed by atoms with van der Waals surface area (Å²) in [6, 6.07) is 0. The van der Waals surface area contributed by atoms with E-state index in [-0.39, 0.29) is 5.91 Å². The van der Waals surface area contributed by atoms with Gasteiger partial charge in [0.2, 0.25) is 5.91 Å². The zero-order valence-corrected chi connectivity index (χ0v) is 10.5. The van der Waals surface area contributed by atoms with Crippen LogP contribution < -0.4 is 5.32 Å². The van der Waals surface area contributed by atoms with Crippen molar-refractivity contribution in [2.24, 2.45) is 0 Å². The molecule has 0 aliphatic heterocycles. The maximum Gasteiger partial charge on any atom is 0.236 e. The van der Waals surface area contributed by atoms with Gasteiger partial charge in [-0.2, -0.15) is 0 Å². The molecular weight excluding hydrogens is 242 g/mol. The van der Waals surface area contributed by atoms with Gasteiger partial charge in [-0.25, -0.2) is 0 Å². The average Bonchev–Trinajstić information content (AvgIpc) is 2.55. The van der Waals surface area contributed by atoms with Crippen molar-refractivity contribution >= 4 is 21.8 Å². The van der Waals surface area contributed by atoms with E-state index < -0.39 is 4.32 Å². The molecule has 0 aromatic carbocycles. The van der Waals surface area contributed by atoms with E-state index in [4.69, 9.17) is 0 Å². The third kappa shape index (κ3) is 3.82. The lowest BCUT2D eigenvalue weighted by Gasteiger charge is -2.15. The molecule has 1 aliphatic rings. The monoisotopic (exact) mass is 259 g/mol. The molecule has 0 aromatic heterocycles. The summed E-state index contributed by atoms with van der Waals surface area (Å²) in [6.45, 7) is 4.48. The van der Waals surface area contributed by atoms with Crippen LogP contribution in [0.2, 0.25) is 0 Å². The van der Waals surface area contributed by atoms with Gasteiger partial charge in [-0.15, -0.1) is 0 Å². The van der Waals surface area contributed by atoms with Crippen molar-refractivity contribution in [3.8, 4) is 0 Å². The summed E-state index contributed by atoms with van der Waals surface area (Å²) < 4.78 is -0.447. The Hall–Kier alpha value is -0.310. The largest absolute Gasteiger partial charge is 0.355 e. The standard InChI is InChI=1S/C11H18BrNO/c1-11(2,12)10(14)13-8-7-9-5-3-4-6-9/h5H,3-4,6-8H2,1-2H3,(H,13,14). The van der Waals surface area contributed by atoms with E-state index in [0.717, 1.165) is 13.0 Å². The number of nitrogens with one attached hydrogen (secondary N) is 1. The van der Waals surface area contributed by atoms with Crippen LogP contribution >= 0.6 is 15.9 Å². The van der Waals surface area contributed by atoms with Gasteiger partial charge >= 0.3 is 0 Å². The summed E-state index contributed by atoms with van der Waals surface area (Å²) >= 11 is 3.33. The van der Waals surface area contributed by atoms with E-state index in [1.165, 1.54) is 24.8 Å². The van der Waals surface area contributed by atoms with Gasteiger partial charge in [-0.05, 0) is 39.5 Å². The fraction of sp³-hybridized carbons (Fsp3) is 0.727. The first-order chi connectivity index (χ1) is 6.50. The number of amides is 1. The molecule has 0 unspecified atom stereocenters. The first-order valence-electron chi connectivity index (χ1n) is 5.15. The molecule has 0 spiro atoms. The first kappa shape index (κ1) is 11.8. The SMILES string of the molecule is CC(C)(Br)C(=O)NCCC1=CCCC1. The predicted octanol–water partition coefficient (Wildman–Crippen LogP) is 2.78. The molecule has 0 aromatic rings. The molecular formula is C11H18BrNO. The quantitative estimate of drug-likeness (QED) is 0.611. The van der Waals surface area contributed by atoms with Crippen molar-refractivity contribution in [1.82, 2.24) is 5.32 Å². The molecule has 0 saturated carbocycles. The second-order valence-corrected chi connectivity index (χ2v) is 6.22. The van der Waals surface area contributed by atoms with E-state index in [2.05, 4.69) is 27.3 Å². The first-order valence-corrected chi connectivity index (χ1v) is 5.94. The van der Waals surface area contributed by atoms with Crippen molar-refractivity contribution in [3.63, 3.8) is 0 Å². The minimum atomic E-state index is -0.447. The summed E-state index contributed by atoms with van der Waals surface area (Å²) in [5, 5.41) is 2.92. The third-order valence-corrected chi connectivity index (χ3v) is 2.77. The molecule has 0 fully saturated rings. The Morgan fingerprint density at radius 2 is 2.36 bits per heavy atom. The topological polar surface area (TPSA) is 29.1 Å². The highest BCUT2D eigenvalue weighted by molar-refractivity contribution is 9.10. The highest BCUT2D eigenvalue weighted by atomic mass is 79.9. The van der Waals surface area contributed by atoms with E-state index in [1.807, 2.05) is 13.8 Å². The molecule has 1 N–H and O–H groups in total. The Morgan fingerprint density at radius 1 is 1.64 bits per heavy atom. The maximum atomic E-state index is 11.5. The lowest BCUT2D eigenvalue weighted by Crippen LogP contribution is -2.38. The molecule has 0 bridgehead atoms. The molecule has 0 radical (unpaired) electrons. The summed E-state index contributed by atoms with van der Waals surface area (Å²) in [6.07, 6.45) is 7.02. The lowest BCUT2D eigenvalue weighted by molar-refractivity contribution is -0.122. The number of hydrogen-bond donors (Lipinski definition) is 1. The Labute approximate surface area is 94.3 Å². The summed E-state index contributed by atoms with van der Waals surface area (Å²) in [7, 11) is 0. The molecule has 0 heterocycles. The number of carbonyl (C=O) groups excluding carboxylic acids is 1. The van der Waals surface area contributed by atoms with Crippen LogP contribution in [0.15, 0.2) is 11.6 Å². The van der Waals surface area contributed by atoms with Crippen molar-refractivity contribution in [2.45, 2.75) is 43.9 Å². The number of rotatable bonds is 4. The van der Waals surface area contributed by atoms with Crippen LogP contribution in [0, 0.1) is 0 Å². The van der Waals surface area contributed by atoms with Crippen molar-refractivity contribution in [1.29, 1.82) is 0 Å². The number of alkyl halides is 1. The minimum absolute atomic E-state index is 0.0658. The van der Waals surface area contributed by atoms with Crippen molar-refractivity contribution in [3.05, 3.63) is 11.6 Å². The fourth-order valence-electron chi connectivity index (χ4n) is 1.51. The van der Waals surface area contributed by atoms with Crippen molar-refractivity contribution in [2.75, 3.05) is 6.54 Å². The van der Waals surface area contributed by atoms with Gasteiger partial charge < -0.3 is 5.32 Å². The van der Waals surface area contributed by atoms with E-state index in [9.17, 15) is 4.79 Å². The molecule has 0 atom stereocenters. The van der Waals surface area contributed by atoms with Crippen LogP contribution in [0.4, 0.5) is 0 Å². The highest BCUT2D eigenvalue weighted by Crippen LogP contribution is 2.20. The third-order valence-electron chi connectivity index (χ3n) is 2.41. The Morgan fingerprint density at radius 3 is 2.86 bits per heavy atom. The summed E-state index contributed by atoms with van der Waals surface area (Å²) in [5.41, 5.74) is 1.50. The van der Waals surface area contributed by atoms with Gasteiger partial charge in [0, 0.05) is 6.54 Å².